The highest BCUT2D eigenvalue weighted by molar-refractivity contribution is 7.14. The number of hydrogen-bond donors (Lipinski definition) is 2. The molecule has 0 saturated carbocycles. The number of carbonyl (C=O) groups excluding carboxylic acids is 2. The average molecular weight is 359 g/mol. The van der Waals surface area contributed by atoms with Gasteiger partial charge in [-0.05, 0) is 55.9 Å². The average Bonchev–Trinajstić information content (AvgIpc) is 3.03. The lowest BCUT2D eigenvalue weighted by Crippen LogP contribution is -2.41. The molecule has 2 amide bonds. The largest absolute Gasteiger partial charge is 0.477 e. The zero-order valence-electron chi connectivity index (χ0n) is 14.3. The van der Waals surface area contributed by atoms with Crippen LogP contribution in [0.1, 0.15) is 50.7 Å². The Hall–Kier alpha value is -2.41. The highest BCUT2D eigenvalue weighted by Crippen LogP contribution is 2.32. The van der Waals surface area contributed by atoms with Gasteiger partial charge < -0.3 is 4.74 Å². The first-order chi connectivity index (χ1) is 12.1. The van der Waals surface area contributed by atoms with E-state index in [-0.39, 0.29) is 17.4 Å². The Balaban J connectivity index is 1.64. The highest BCUT2D eigenvalue weighted by Gasteiger charge is 2.21. The van der Waals surface area contributed by atoms with Gasteiger partial charge >= 0.3 is 0 Å². The van der Waals surface area contributed by atoms with Gasteiger partial charge in [-0.1, -0.05) is 6.92 Å². The van der Waals surface area contributed by atoms with Gasteiger partial charge in [0, 0.05) is 11.1 Å². The minimum absolute atomic E-state index is 0.248. The predicted molar refractivity (Wildman–Crippen MR) is 95.8 cm³/mol. The monoisotopic (exact) mass is 359 g/mol. The van der Waals surface area contributed by atoms with Gasteiger partial charge in [-0.25, -0.2) is 4.98 Å². The van der Waals surface area contributed by atoms with Crippen LogP contribution in [0.3, 0.4) is 0 Å². The molecule has 0 bridgehead atoms. The molecule has 0 spiro atoms. The summed E-state index contributed by atoms with van der Waals surface area (Å²) in [5.74, 6) is 0.139. The van der Waals surface area contributed by atoms with Gasteiger partial charge in [0.25, 0.3) is 11.8 Å². The molecule has 2 N–H and O–H groups in total. The van der Waals surface area contributed by atoms with Crippen molar-refractivity contribution in [3.05, 3.63) is 45.3 Å². The fraction of sp³-hybridized carbons (Fsp3) is 0.389. The molecule has 3 rings (SSSR count). The van der Waals surface area contributed by atoms with Crippen LogP contribution >= 0.6 is 11.3 Å². The van der Waals surface area contributed by atoms with Crippen LogP contribution in [0.15, 0.2) is 24.4 Å². The van der Waals surface area contributed by atoms with E-state index in [0.29, 0.717) is 17.4 Å². The summed E-state index contributed by atoms with van der Waals surface area (Å²) >= 11 is 1.50. The van der Waals surface area contributed by atoms with E-state index in [1.807, 2.05) is 13.0 Å². The maximum atomic E-state index is 12.3. The summed E-state index contributed by atoms with van der Waals surface area (Å²) in [6, 6.07) is 5.19. The summed E-state index contributed by atoms with van der Waals surface area (Å²) in [7, 11) is 0. The maximum Gasteiger partial charge on any atom is 0.279 e. The van der Waals surface area contributed by atoms with E-state index >= 15 is 0 Å². The Morgan fingerprint density at radius 2 is 2.16 bits per heavy atom. The zero-order valence-corrected chi connectivity index (χ0v) is 15.1. The smallest absolute Gasteiger partial charge is 0.279 e. The lowest BCUT2D eigenvalue weighted by atomic mass is 9.90. The summed E-state index contributed by atoms with van der Waals surface area (Å²) in [6.07, 6.45) is 4.75. The number of amides is 2. The molecular formula is C18H21N3O3S. The van der Waals surface area contributed by atoms with Gasteiger partial charge in [-0.2, -0.15) is 0 Å². The Labute approximate surface area is 150 Å². The molecule has 0 saturated heterocycles. The van der Waals surface area contributed by atoms with Gasteiger partial charge in [0.05, 0.1) is 11.5 Å². The van der Waals surface area contributed by atoms with E-state index in [1.165, 1.54) is 21.8 Å². The molecule has 0 fully saturated rings. The summed E-state index contributed by atoms with van der Waals surface area (Å²) in [5.41, 5.74) is 6.45. The quantitative estimate of drug-likeness (QED) is 0.823. The molecule has 2 heterocycles. The SMILES string of the molecule is CCOc1ncccc1C(=O)NNC(=O)c1cc2c(s1)CCC(C)C2. The van der Waals surface area contributed by atoms with Crippen molar-refractivity contribution in [1.82, 2.24) is 15.8 Å². The first kappa shape index (κ1) is 17.4. The normalized spacial score (nSPS) is 16.0. The third kappa shape index (κ3) is 3.99. The second-order valence-electron chi connectivity index (χ2n) is 6.10. The summed E-state index contributed by atoms with van der Waals surface area (Å²) in [6.45, 7) is 4.45. The molecule has 0 radical (unpaired) electrons. The van der Waals surface area contributed by atoms with Crippen molar-refractivity contribution in [3.63, 3.8) is 0 Å². The molecule has 0 aliphatic heterocycles. The Kier molecular flexibility index (Phi) is 5.33. The van der Waals surface area contributed by atoms with Gasteiger partial charge in [0.15, 0.2) is 0 Å². The number of nitrogens with one attached hydrogen (secondary N) is 2. The molecule has 7 heteroatoms. The van der Waals surface area contributed by atoms with Gasteiger partial charge in [-0.3, -0.25) is 20.4 Å². The number of ether oxygens (including phenoxy) is 1. The maximum absolute atomic E-state index is 12.3. The number of pyridine rings is 1. The third-order valence-electron chi connectivity index (χ3n) is 4.14. The molecule has 1 unspecified atom stereocenters. The molecule has 1 atom stereocenters. The first-order valence-corrected chi connectivity index (χ1v) is 9.20. The number of fused-ring (bicyclic) bond motifs is 1. The van der Waals surface area contributed by atoms with Crippen LogP contribution in [0, 0.1) is 5.92 Å². The van der Waals surface area contributed by atoms with Crippen LogP contribution in [0.25, 0.3) is 0 Å². The molecule has 132 valence electrons. The molecule has 25 heavy (non-hydrogen) atoms. The Bertz CT molecular complexity index is 788. The second kappa shape index (κ2) is 7.65. The van der Waals surface area contributed by atoms with Crippen molar-refractivity contribution in [2.45, 2.75) is 33.1 Å². The van der Waals surface area contributed by atoms with E-state index < -0.39 is 5.91 Å². The number of hydrazine groups is 1. The van der Waals surface area contributed by atoms with E-state index in [1.54, 1.807) is 18.3 Å². The van der Waals surface area contributed by atoms with Crippen molar-refractivity contribution < 1.29 is 14.3 Å². The van der Waals surface area contributed by atoms with E-state index in [9.17, 15) is 9.59 Å². The third-order valence-corrected chi connectivity index (χ3v) is 5.38. The van der Waals surface area contributed by atoms with Gasteiger partial charge in [0.2, 0.25) is 5.88 Å². The summed E-state index contributed by atoms with van der Waals surface area (Å²) in [5, 5.41) is 0. The molecule has 1 aliphatic rings. The molecular weight excluding hydrogens is 338 g/mol. The molecule has 0 aromatic carbocycles. The van der Waals surface area contributed by atoms with Crippen molar-refractivity contribution in [2.75, 3.05) is 6.61 Å². The van der Waals surface area contributed by atoms with Crippen molar-refractivity contribution in [1.29, 1.82) is 0 Å². The fourth-order valence-corrected chi connectivity index (χ4v) is 3.98. The number of nitrogens with zero attached hydrogens (tertiary/aromatic N) is 1. The number of aryl methyl sites for hydroxylation is 1. The fourth-order valence-electron chi connectivity index (χ4n) is 2.88. The number of thiophene rings is 1. The minimum Gasteiger partial charge on any atom is -0.477 e. The van der Waals surface area contributed by atoms with Crippen molar-refractivity contribution >= 4 is 23.2 Å². The molecule has 6 nitrogen and oxygen atoms in total. The zero-order chi connectivity index (χ0) is 17.8. The number of carbonyl (C=O) groups is 2. The van der Waals surface area contributed by atoms with E-state index in [2.05, 4.69) is 22.8 Å². The minimum atomic E-state index is -0.458. The number of hydrogen-bond acceptors (Lipinski definition) is 5. The van der Waals surface area contributed by atoms with E-state index in [0.717, 1.165) is 19.3 Å². The van der Waals surface area contributed by atoms with Crippen LogP contribution in [0.2, 0.25) is 0 Å². The van der Waals surface area contributed by atoms with Crippen LogP contribution in [-0.4, -0.2) is 23.4 Å². The van der Waals surface area contributed by atoms with Gasteiger partial charge in [0.1, 0.15) is 5.56 Å². The molecule has 2 aromatic rings. The lowest BCUT2D eigenvalue weighted by Gasteiger charge is -2.16. The van der Waals surface area contributed by atoms with Crippen molar-refractivity contribution in [2.24, 2.45) is 5.92 Å². The Morgan fingerprint density at radius 1 is 1.36 bits per heavy atom. The standard InChI is InChI=1S/C18H21N3O3S/c1-3-24-18-13(5-4-8-19-18)16(22)20-21-17(23)15-10-12-9-11(2)6-7-14(12)25-15/h4-5,8,10-11H,3,6-7,9H2,1-2H3,(H,20,22)(H,21,23). The second-order valence-corrected chi connectivity index (χ2v) is 7.24. The van der Waals surface area contributed by atoms with Crippen LogP contribution in [0.5, 0.6) is 5.88 Å². The van der Waals surface area contributed by atoms with Crippen LogP contribution < -0.4 is 15.6 Å². The van der Waals surface area contributed by atoms with Crippen LogP contribution in [-0.2, 0) is 12.8 Å². The first-order valence-electron chi connectivity index (χ1n) is 8.38. The number of aromatic nitrogens is 1. The predicted octanol–water partition coefficient (Wildman–Crippen LogP) is 2.74. The molecule has 2 aromatic heterocycles. The highest BCUT2D eigenvalue weighted by atomic mass is 32.1. The topological polar surface area (TPSA) is 80.3 Å². The van der Waals surface area contributed by atoms with Crippen molar-refractivity contribution in [3.8, 4) is 5.88 Å². The Morgan fingerprint density at radius 3 is 2.96 bits per heavy atom. The van der Waals surface area contributed by atoms with Crippen LogP contribution in [0.4, 0.5) is 0 Å². The lowest BCUT2D eigenvalue weighted by molar-refractivity contribution is 0.0846. The summed E-state index contributed by atoms with van der Waals surface area (Å²) < 4.78 is 5.33. The molecule has 1 aliphatic carbocycles. The van der Waals surface area contributed by atoms with Gasteiger partial charge in [-0.15, -0.1) is 11.3 Å². The van der Waals surface area contributed by atoms with E-state index in [4.69, 9.17) is 4.74 Å². The number of rotatable bonds is 4. The summed E-state index contributed by atoms with van der Waals surface area (Å²) in [4.78, 5) is 30.5.